The van der Waals surface area contributed by atoms with Crippen LogP contribution in [0.4, 0.5) is 4.53 Å². The van der Waals surface area contributed by atoms with Gasteiger partial charge in [0.25, 0.3) is 0 Å². The average molecular weight is 623 g/mol. The number of rotatable bonds is 25. The van der Waals surface area contributed by atoms with Gasteiger partial charge in [-0.25, -0.2) is 0 Å². The maximum Gasteiger partial charge on any atom is 0.151 e. The van der Waals surface area contributed by atoms with Gasteiger partial charge in [-0.2, -0.15) is 4.94 Å². The van der Waals surface area contributed by atoms with E-state index in [9.17, 15) is 4.53 Å². The molecule has 0 saturated heterocycles. The lowest BCUT2D eigenvalue weighted by Crippen LogP contribution is -2.54. The van der Waals surface area contributed by atoms with Crippen molar-refractivity contribution in [2.75, 3.05) is 26.4 Å². The first kappa shape index (κ1) is 37.0. The Morgan fingerprint density at radius 2 is 1.18 bits per heavy atom. The molecule has 1 aliphatic carbocycles. The minimum Gasteiger partial charge on any atom is -0.494 e. The van der Waals surface area contributed by atoms with Gasteiger partial charge in [0.1, 0.15) is 11.4 Å². The summed E-state index contributed by atoms with van der Waals surface area (Å²) in [6, 6.07) is 19.0. The average Bonchev–Trinajstić information content (AvgIpc) is 3.08. The van der Waals surface area contributed by atoms with Crippen LogP contribution >= 0.6 is 0 Å². The summed E-state index contributed by atoms with van der Waals surface area (Å²) in [7, 11) is 0. The topological polar surface area (TPSA) is 36.9 Å². The summed E-state index contributed by atoms with van der Waals surface area (Å²) in [4.78, 5) is 3.92. The van der Waals surface area contributed by atoms with Crippen molar-refractivity contribution < 1.29 is 23.7 Å². The Balaban J connectivity index is 2.04. The molecule has 0 saturated carbocycles. The molecule has 2 atom stereocenters. The van der Waals surface area contributed by atoms with E-state index in [1.165, 1.54) is 32.1 Å². The van der Waals surface area contributed by atoms with Crippen molar-refractivity contribution in [3.05, 3.63) is 89.5 Å². The fourth-order valence-electron chi connectivity index (χ4n) is 6.43. The van der Waals surface area contributed by atoms with Crippen LogP contribution in [0.3, 0.4) is 0 Å². The molecule has 3 rings (SSSR count). The molecular formula is C40H59FO4. The van der Waals surface area contributed by atoms with E-state index in [1.54, 1.807) is 0 Å². The van der Waals surface area contributed by atoms with Gasteiger partial charge < -0.3 is 14.2 Å². The molecule has 0 bridgehead atoms. The lowest BCUT2D eigenvalue weighted by Gasteiger charge is -2.52. The van der Waals surface area contributed by atoms with Gasteiger partial charge in [-0.3, -0.25) is 0 Å². The van der Waals surface area contributed by atoms with Gasteiger partial charge in [-0.05, 0) is 78.0 Å². The molecule has 0 aromatic heterocycles. The van der Waals surface area contributed by atoms with E-state index in [0.717, 1.165) is 86.8 Å². The fraction of sp³-hybridized carbons (Fsp3) is 0.600. The molecule has 2 aromatic carbocycles. The van der Waals surface area contributed by atoms with Crippen molar-refractivity contribution in [3.8, 4) is 5.75 Å². The molecule has 0 spiro atoms. The summed E-state index contributed by atoms with van der Waals surface area (Å²) in [6.45, 7) is 8.72. The van der Waals surface area contributed by atoms with Crippen molar-refractivity contribution in [2.45, 2.75) is 128 Å². The lowest BCUT2D eigenvalue weighted by molar-refractivity contribution is -0.184. The van der Waals surface area contributed by atoms with Crippen molar-refractivity contribution in [3.63, 3.8) is 0 Å². The first-order chi connectivity index (χ1) is 22.2. The molecular weight excluding hydrogens is 563 g/mol. The van der Waals surface area contributed by atoms with E-state index in [2.05, 4.69) is 92.5 Å². The van der Waals surface area contributed by atoms with Crippen LogP contribution in [0.2, 0.25) is 0 Å². The maximum absolute atomic E-state index is 12.6. The molecule has 250 valence electrons. The van der Waals surface area contributed by atoms with E-state index >= 15 is 0 Å². The highest BCUT2D eigenvalue weighted by atomic mass is 19.3. The normalized spacial score (nSPS) is 19.5. The molecule has 0 N–H and O–H groups in total. The van der Waals surface area contributed by atoms with Gasteiger partial charge in [0.05, 0.1) is 13.2 Å². The smallest absolute Gasteiger partial charge is 0.151 e. The third-order valence-corrected chi connectivity index (χ3v) is 8.90. The zero-order valence-corrected chi connectivity index (χ0v) is 28.4. The first-order valence-corrected chi connectivity index (χ1v) is 17.9. The SMILES string of the molecule is CCCCCCCCOc1ccc([C@@]2(OCCCCC)C(CCCCOF)=CC=CC2(OCCCCC)c2ccccc2)cc1. The molecule has 0 amide bonds. The number of unbranched alkanes of at least 4 members (excludes halogenated alkanes) is 10. The number of ether oxygens (including phenoxy) is 3. The molecule has 4 nitrogen and oxygen atoms in total. The third-order valence-electron chi connectivity index (χ3n) is 8.90. The van der Waals surface area contributed by atoms with Crippen LogP contribution in [-0.2, 0) is 25.6 Å². The molecule has 0 fully saturated rings. The first-order valence-electron chi connectivity index (χ1n) is 17.9. The lowest BCUT2D eigenvalue weighted by atomic mass is 9.65. The van der Waals surface area contributed by atoms with E-state index < -0.39 is 11.2 Å². The monoisotopic (exact) mass is 622 g/mol. The van der Waals surface area contributed by atoms with Crippen molar-refractivity contribution >= 4 is 0 Å². The minimum absolute atomic E-state index is 0.0927. The number of benzene rings is 2. The minimum atomic E-state index is -0.905. The van der Waals surface area contributed by atoms with E-state index in [4.69, 9.17) is 14.2 Å². The summed E-state index contributed by atoms with van der Waals surface area (Å²) in [5.41, 5.74) is 1.46. The molecule has 1 unspecified atom stereocenters. The summed E-state index contributed by atoms with van der Waals surface area (Å²) >= 11 is 0. The van der Waals surface area contributed by atoms with Crippen molar-refractivity contribution in [1.29, 1.82) is 0 Å². The Labute approximate surface area is 273 Å². The molecule has 0 aliphatic heterocycles. The molecule has 5 heteroatoms. The summed E-state index contributed by atoms with van der Waals surface area (Å²) in [5, 5.41) is 0. The zero-order valence-electron chi connectivity index (χ0n) is 28.4. The van der Waals surface area contributed by atoms with Crippen LogP contribution in [0.5, 0.6) is 5.75 Å². The maximum atomic E-state index is 12.6. The number of hydrogen-bond donors (Lipinski definition) is 0. The molecule has 1 aliphatic rings. The van der Waals surface area contributed by atoms with E-state index in [0.29, 0.717) is 19.6 Å². The largest absolute Gasteiger partial charge is 0.494 e. The molecule has 45 heavy (non-hydrogen) atoms. The van der Waals surface area contributed by atoms with Crippen LogP contribution in [0.15, 0.2) is 78.4 Å². The van der Waals surface area contributed by atoms with Crippen molar-refractivity contribution in [2.24, 2.45) is 0 Å². The van der Waals surface area contributed by atoms with Gasteiger partial charge in [0.15, 0.2) is 5.60 Å². The predicted octanol–water partition coefficient (Wildman–Crippen LogP) is 11.5. The second kappa shape index (κ2) is 21.3. The highest BCUT2D eigenvalue weighted by molar-refractivity contribution is 5.51. The number of halogens is 1. The molecule has 0 heterocycles. The summed E-state index contributed by atoms with van der Waals surface area (Å²) in [6.07, 6.45) is 22.5. The Hall–Kier alpha value is -2.47. The van der Waals surface area contributed by atoms with Gasteiger partial charge in [0.2, 0.25) is 0 Å². The Morgan fingerprint density at radius 1 is 0.578 bits per heavy atom. The van der Waals surface area contributed by atoms with E-state index in [1.807, 2.05) is 6.07 Å². The standard InChI is InChI=1S/C40H59FO4/c1-4-7-10-11-12-19-31-42-38-28-26-37(27-29-38)40(44-33-18-9-6-3)36(24-16-20-34-45-41)25-21-30-39(40,43-32-17-8-5-2)35-22-14-13-15-23-35/h13-15,21-23,25-30H,4-12,16-20,24,31-34H2,1-3H3/t39?,40-/m0/s1. The fourth-order valence-corrected chi connectivity index (χ4v) is 6.43. The van der Waals surface area contributed by atoms with Crippen molar-refractivity contribution in [1.82, 2.24) is 0 Å². The third kappa shape index (κ3) is 10.5. The molecule has 2 aromatic rings. The van der Waals surface area contributed by atoms with Crippen LogP contribution in [0.1, 0.15) is 128 Å². The van der Waals surface area contributed by atoms with Gasteiger partial charge in [0, 0.05) is 13.2 Å². The van der Waals surface area contributed by atoms with E-state index in [-0.39, 0.29) is 6.61 Å². The Bertz CT molecular complexity index is 1100. The van der Waals surface area contributed by atoms with Gasteiger partial charge in [-0.1, -0.05) is 133 Å². The summed E-state index contributed by atoms with van der Waals surface area (Å²) < 4.78 is 33.2. The Kier molecular flexibility index (Phi) is 17.5. The van der Waals surface area contributed by atoms with Crippen LogP contribution in [0.25, 0.3) is 0 Å². The highest BCUT2D eigenvalue weighted by Crippen LogP contribution is 2.55. The van der Waals surface area contributed by atoms with Gasteiger partial charge in [-0.15, -0.1) is 0 Å². The van der Waals surface area contributed by atoms with Crippen LogP contribution < -0.4 is 4.74 Å². The highest BCUT2D eigenvalue weighted by Gasteiger charge is 2.57. The number of allylic oxidation sites excluding steroid dienone is 2. The summed E-state index contributed by atoms with van der Waals surface area (Å²) in [5.74, 6) is 0.875. The van der Waals surface area contributed by atoms with Crippen LogP contribution in [0, 0.1) is 0 Å². The van der Waals surface area contributed by atoms with Crippen LogP contribution in [-0.4, -0.2) is 26.4 Å². The Morgan fingerprint density at radius 3 is 1.87 bits per heavy atom. The zero-order chi connectivity index (χ0) is 32.1. The van der Waals surface area contributed by atoms with Gasteiger partial charge >= 0.3 is 0 Å². The second-order valence-corrected chi connectivity index (χ2v) is 12.4. The molecule has 0 radical (unpaired) electrons. The second-order valence-electron chi connectivity index (χ2n) is 12.4. The quantitative estimate of drug-likeness (QED) is 0.103. The predicted molar refractivity (Wildman–Crippen MR) is 184 cm³/mol. The number of hydrogen-bond acceptors (Lipinski definition) is 4.